The molecule has 0 aliphatic carbocycles. The van der Waals surface area contributed by atoms with Crippen LogP contribution in [0.25, 0.3) is 6.08 Å². The SMILES string of the molecule is CC(=O)N(c1cccc(C(F)(F)F)c1)c1nc(/C=C/C(=O)Nc2ccccc2)cs1. The highest BCUT2D eigenvalue weighted by Gasteiger charge is 2.31. The number of carbonyl (C=O) groups excluding carboxylic acids is 2. The van der Waals surface area contributed by atoms with E-state index < -0.39 is 17.6 Å². The number of para-hydroxylation sites is 1. The number of alkyl halides is 3. The maximum atomic E-state index is 13.0. The van der Waals surface area contributed by atoms with Crippen LogP contribution in [0.4, 0.5) is 29.7 Å². The highest BCUT2D eigenvalue weighted by atomic mass is 32.1. The van der Waals surface area contributed by atoms with E-state index in [0.29, 0.717) is 11.4 Å². The normalized spacial score (nSPS) is 11.5. The molecule has 30 heavy (non-hydrogen) atoms. The molecular formula is C21H16F3N3O2S. The first-order valence-electron chi connectivity index (χ1n) is 8.71. The summed E-state index contributed by atoms with van der Waals surface area (Å²) in [7, 11) is 0. The summed E-state index contributed by atoms with van der Waals surface area (Å²) < 4.78 is 39.0. The molecule has 3 rings (SSSR count). The lowest BCUT2D eigenvalue weighted by Crippen LogP contribution is -2.23. The summed E-state index contributed by atoms with van der Waals surface area (Å²) in [5, 5.41) is 4.49. The summed E-state index contributed by atoms with van der Waals surface area (Å²) in [6.07, 6.45) is -1.78. The number of amides is 2. The fraction of sp³-hybridized carbons (Fsp3) is 0.0952. The molecule has 0 bridgehead atoms. The number of aromatic nitrogens is 1. The molecule has 0 atom stereocenters. The Kier molecular flexibility index (Phi) is 6.31. The second-order valence-electron chi connectivity index (χ2n) is 6.15. The smallest absolute Gasteiger partial charge is 0.323 e. The van der Waals surface area contributed by atoms with Gasteiger partial charge in [-0.25, -0.2) is 4.98 Å². The predicted molar refractivity (Wildman–Crippen MR) is 110 cm³/mol. The van der Waals surface area contributed by atoms with Crippen molar-refractivity contribution >= 4 is 45.7 Å². The molecule has 0 saturated heterocycles. The average Bonchev–Trinajstić information content (AvgIpc) is 3.15. The summed E-state index contributed by atoms with van der Waals surface area (Å²) in [5.74, 6) is -0.849. The average molecular weight is 431 g/mol. The Morgan fingerprint density at radius 3 is 2.50 bits per heavy atom. The quantitative estimate of drug-likeness (QED) is 0.543. The second kappa shape index (κ2) is 8.91. The maximum Gasteiger partial charge on any atom is 0.416 e. The molecule has 3 aromatic rings. The Balaban J connectivity index is 1.79. The van der Waals surface area contributed by atoms with Gasteiger partial charge in [0.15, 0.2) is 5.13 Å². The molecule has 0 aliphatic heterocycles. The number of anilines is 3. The Labute approximate surface area is 174 Å². The minimum atomic E-state index is -4.53. The fourth-order valence-electron chi connectivity index (χ4n) is 2.57. The van der Waals surface area contributed by atoms with Crippen LogP contribution in [-0.4, -0.2) is 16.8 Å². The van der Waals surface area contributed by atoms with Gasteiger partial charge >= 0.3 is 6.18 Å². The van der Waals surface area contributed by atoms with Gasteiger partial charge < -0.3 is 5.32 Å². The van der Waals surface area contributed by atoms with Crippen LogP contribution in [-0.2, 0) is 15.8 Å². The van der Waals surface area contributed by atoms with Gasteiger partial charge in [-0.05, 0) is 36.4 Å². The first kappa shape index (κ1) is 21.3. The lowest BCUT2D eigenvalue weighted by molar-refractivity contribution is -0.137. The molecule has 0 aliphatic rings. The topological polar surface area (TPSA) is 62.3 Å². The van der Waals surface area contributed by atoms with Gasteiger partial charge in [0.1, 0.15) is 0 Å². The zero-order valence-corrected chi connectivity index (χ0v) is 16.5. The Bertz CT molecular complexity index is 1080. The van der Waals surface area contributed by atoms with E-state index in [1.54, 1.807) is 29.6 Å². The van der Waals surface area contributed by atoms with Crippen molar-refractivity contribution < 1.29 is 22.8 Å². The van der Waals surface area contributed by atoms with Crippen molar-refractivity contribution in [3.05, 3.63) is 77.3 Å². The highest BCUT2D eigenvalue weighted by molar-refractivity contribution is 7.14. The van der Waals surface area contributed by atoms with E-state index >= 15 is 0 Å². The van der Waals surface area contributed by atoms with Crippen LogP contribution >= 0.6 is 11.3 Å². The Hall–Kier alpha value is -3.46. The third kappa shape index (κ3) is 5.32. The largest absolute Gasteiger partial charge is 0.416 e. The molecule has 9 heteroatoms. The predicted octanol–water partition coefficient (Wildman–Crippen LogP) is 5.50. The van der Waals surface area contributed by atoms with Crippen molar-refractivity contribution in [3.63, 3.8) is 0 Å². The molecule has 1 heterocycles. The highest BCUT2D eigenvalue weighted by Crippen LogP contribution is 2.35. The molecule has 0 radical (unpaired) electrons. The first-order valence-corrected chi connectivity index (χ1v) is 9.59. The van der Waals surface area contributed by atoms with Gasteiger partial charge in [0.25, 0.3) is 0 Å². The third-order valence-corrected chi connectivity index (χ3v) is 4.74. The van der Waals surface area contributed by atoms with Crippen LogP contribution in [0.15, 0.2) is 66.1 Å². The van der Waals surface area contributed by atoms with E-state index in [9.17, 15) is 22.8 Å². The summed E-state index contributed by atoms with van der Waals surface area (Å²) in [6, 6.07) is 13.4. The summed E-state index contributed by atoms with van der Waals surface area (Å²) >= 11 is 1.08. The van der Waals surface area contributed by atoms with Crippen molar-refractivity contribution in [1.82, 2.24) is 4.98 Å². The number of carbonyl (C=O) groups is 2. The van der Waals surface area contributed by atoms with Gasteiger partial charge in [0, 0.05) is 24.1 Å². The number of benzene rings is 2. The molecule has 154 valence electrons. The number of thiazole rings is 1. The van der Waals surface area contributed by atoms with E-state index in [1.165, 1.54) is 31.2 Å². The Morgan fingerprint density at radius 1 is 1.10 bits per heavy atom. The van der Waals surface area contributed by atoms with Gasteiger partial charge in [0.05, 0.1) is 16.9 Å². The van der Waals surface area contributed by atoms with Crippen LogP contribution in [0.2, 0.25) is 0 Å². The van der Waals surface area contributed by atoms with Crippen LogP contribution in [0.5, 0.6) is 0 Å². The van der Waals surface area contributed by atoms with Crippen molar-refractivity contribution in [1.29, 1.82) is 0 Å². The van der Waals surface area contributed by atoms with Crippen molar-refractivity contribution in [2.75, 3.05) is 10.2 Å². The minimum absolute atomic E-state index is 0.0593. The summed E-state index contributed by atoms with van der Waals surface area (Å²) in [6.45, 7) is 1.24. The maximum absolute atomic E-state index is 13.0. The molecule has 0 spiro atoms. The van der Waals surface area contributed by atoms with Gasteiger partial charge in [-0.1, -0.05) is 24.3 Å². The standard InChI is InChI=1S/C21H16F3N3O2S/c1-14(28)27(18-9-5-6-15(12-18)21(22,23)24)20-26-17(13-30-20)10-11-19(29)25-16-7-3-2-4-8-16/h2-13H,1H3,(H,25,29)/b11-10+. The van der Waals surface area contributed by atoms with Crippen LogP contribution in [0.3, 0.4) is 0 Å². The Morgan fingerprint density at radius 2 is 1.83 bits per heavy atom. The van der Waals surface area contributed by atoms with Gasteiger partial charge in [-0.2, -0.15) is 13.2 Å². The van der Waals surface area contributed by atoms with Crippen LogP contribution < -0.4 is 10.2 Å². The zero-order chi connectivity index (χ0) is 21.7. The molecule has 2 aromatic carbocycles. The number of nitrogens with one attached hydrogen (secondary N) is 1. The number of halogens is 3. The van der Waals surface area contributed by atoms with Gasteiger partial charge in [-0.3, -0.25) is 14.5 Å². The van der Waals surface area contributed by atoms with E-state index in [2.05, 4.69) is 10.3 Å². The van der Waals surface area contributed by atoms with Crippen molar-refractivity contribution in [2.24, 2.45) is 0 Å². The molecule has 0 unspecified atom stereocenters. The van der Waals surface area contributed by atoms with Crippen molar-refractivity contribution in [3.8, 4) is 0 Å². The summed E-state index contributed by atoms with van der Waals surface area (Å²) in [5.41, 5.74) is 0.236. The monoisotopic (exact) mass is 431 g/mol. The fourth-order valence-corrected chi connectivity index (χ4v) is 3.43. The number of hydrogen-bond acceptors (Lipinski definition) is 4. The molecule has 0 saturated carbocycles. The van der Waals surface area contributed by atoms with Gasteiger partial charge in [0.2, 0.25) is 11.8 Å². The minimum Gasteiger partial charge on any atom is -0.323 e. The van der Waals surface area contributed by atoms with E-state index in [1.807, 2.05) is 6.07 Å². The van der Waals surface area contributed by atoms with Gasteiger partial charge in [-0.15, -0.1) is 11.3 Å². The zero-order valence-electron chi connectivity index (χ0n) is 15.7. The molecule has 2 amide bonds. The second-order valence-corrected chi connectivity index (χ2v) is 6.98. The number of rotatable bonds is 5. The number of nitrogens with zero attached hydrogens (tertiary/aromatic N) is 2. The van der Waals surface area contributed by atoms with E-state index in [4.69, 9.17) is 0 Å². The third-order valence-electron chi connectivity index (χ3n) is 3.89. The van der Waals surface area contributed by atoms with Crippen LogP contribution in [0.1, 0.15) is 18.2 Å². The van der Waals surface area contributed by atoms with Crippen LogP contribution in [0, 0.1) is 0 Å². The lowest BCUT2D eigenvalue weighted by atomic mass is 10.2. The first-order chi connectivity index (χ1) is 14.2. The molecule has 5 nitrogen and oxygen atoms in total. The molecule has 1 aromatic heterocycles. The lowest BCUT2D eigenvalue weighted by Gasteiger charge is -2.19. The van der Waals surface area contributed by atoms with Crippen molar-refractivity contribution in [2.45, 2.75) is 13.1 Å². The molecule has 1 N–H and O–H groups in total. The van der Waals surface area contributed by atoms with E-state index in [0.717, 1.165) is 28.4 Å². The molecule has 0 fully saturated rings. The van der Waals surface area contributed by atoms with E-state index in [-0.39, 0.29) is 16.7 Å². The molecular weight excluding hydrogens is 415 g/mol. The summed E-state index contributed by atoms with van der Waals surface area (Å²) in [4.78, 5) is 29.5. The number of hydrogen-bond donors (Lipinski definition) is 1.